The molecule has 1 aromatic heterocycles. The molecule has 0 unspecified atom stereocenters. The zero-order valence-electron chi connectivity index (χ0n) is 10.6. The molecule has 0 bridgehead atoms. The van der Waals surface area contributed by atoms with E-state index in [0.717, 1.165) is 6.26 Å². The van der Waals surface area contributed by atoms with E-state index in [1.54, 1.807) is 18.5 Å². The number of hydrogen-bond acceptors (Lipinski definition) is 5. The Labute approximate surface area is 115 Å². The topological polar surface area (TPSA) is 115 Å². The van der Waals surface area contributed by atoms with Crippen LogP contribution in [0.3, 0.4) is 0 Å². The summed E-state index contributed by atoms with van der Waals surface area (Å²) in [6, 6.07) is 4.51. The minimum Gasteiger partial charge on any atom is -0.366 e. The number of nitrogens with two attached hydrogens (primary N) is 1. The van der Waals surface area contributed by atoms with Gasteiger partial charge < -0.3 is 5.73 Å². The van der Waals surface area contributed by atoms with Crippen molar-refractivity contribution < 1.29 is 13.2 Å². The third-order valence-electron chi connectivity index (χ3n) is 2.46. The third kappa shape index (κ3) is 3.29. The van der Waals surface area contributed by atoms with Gasteiger partial charge in [-0.05, 0) is 17.7 Å². The maximum atomic E-state index is 11.5. The van der Waals surface area contributed by atoms with Crippen LogP contribution in [-0.2, 0) is 10.0 Å². The van der Waals surface area contributed by atoms with Crippen molar-refractivity contribution in [3.63, 3.8) is 0 Å². The summed E-state index contributed by atoms with van der Waals surface area (Å²) in [7, 11) is -3.42. The molecule has 20 heavy (non-hydrogen) atoms. The predicted molar refractivity (Wildman–Crippen MR) is 74.5 cm³/mol. The maximum Gasteiger partial charge on any atom is 0.249 e. The van der Waals surface area contributed by atoms with Crippen molar-refractivity contribution in [2.24, 2.45) is 5.73 Å². The fourth-order valence-corrected chi connectivity index (χ4v) is 2.27. The van der Waals surface area contributed by atoms with Crippen LogP contribution in [0.25, 0.3) is 11.1 Å². The molecule has 0 aliphatic heterocycles. The molecule has 3 N–H and O–H groups in total. The Bertz CT molecular complexity index is 745. The largest absolute Gasteiger partial charge is 0.366 e. The van der Waals surface area contributed by atoms with Crippen molar-refractivity contribution in [2.45, 2.75) is 0 Å². The van der Waals surface area contributed by atoms with E-state index in [0.29, 0.717) is 11.1 Å². The molecule has 1 heterocycles. The highest BCUT2D eigenvalue weighted by atomic mass is 32.2. The van der Waals surface area contributed by atoms with Gasteiger partial charge in [0.05, 0.1) is 6.26 Å². The second-order valence-electron chi connectivity index (χ2n) is 4.13. The summed E-state index contributed by atoms with van der Waals surface area (Å²) in [5, 5.41) is 0. The highest BCUT2D eigenvalue weighted by molar-refractivity contribution is 7.92. The van der Waals surface area contributed by atoms with Crippen molar-refractivity contribution in [3.8, 4) is 11.1 Å². The van der Waals surface area contributed by atoms with E-state index in [1.165, 1.54) is 18.5 Å². The van der Waals surface area contributed by atoms with E-state index in [9.17, 15) is 13.2 Å². The average molecular weight is 292 g/mol. The number of carbonyl (C=O) groups is 1. The van der Waals surface area contributed by atoms with Crippen molar-refractivity contribution in [1.82, 2.24) is 9.97 Å². The Morgan fingerprint density at radius 3 is 2.45 bits per heavy atom. The fraction of sp³-hybridized carbons (Fsp3) is 0.0833. The highest BCUT2D eigenvalue weighted by Gasteiger charge is 2.13. The van der Waals surface area contributed by atoms with Gasteiger partial charge in [-0.2, -0.15) is 0 Å². The quantitative estimate of drug-likeness (QED) is 0.856. The van der Waals surface area contributed by atoms with Crippen molar-refractivity contribution >= 4 is 21.6 Å². The molecule has 1 aromatic carbocycles. The zero-order chi connectivity index (χ0) is 14.8. The van der Waals surface area contributed by atoms with Gasteiger partial charge in [-0.3, -0.25) is 9.52 Å². The van der Waals surface area contributed by atoms with Crippen LogP contribution in [0.4, 0.5) is 5.69 Å². The summed E-state index contributed by atoms with van der Waals surface area (Å²) >= 11 is 0. The van der Waals surface area contributed by atoms with Gasteiger partial charge in [-0.1, -0.05) is 6.07 Å². The highest BCUT2D eigenvalue weighted by Crippen LogP contribution is 2.25. The van der Waals surface area contributed by atoms with Crippen molar-refractivity contribution in [1.29, 1.82) is 0 Å². The van der Waals surface area contributed by atoms with E-state index in [4.69, 9.17) is 5.73 Å². The summed E-state index contributed by atoms with van der Waals surface area (Å²) in [5.74, 6) is -0.666. The summed E-state index contributed by atoms with van der Waals surface area (Å²) in [5.41, 5.74) is 6.94. The number of aromatic nitrogens is 2. The van der Waals surface area contributed by atoms with Gasteiger partial charge in [0.15, 0.2) is 0 Å². The number of sulfonamides is 1. The lowest BCUT2D eigenvalue weighted by molar-refractivity contribution is 0.100. The second kappa shape index (κ2) is 5.25. The van der Waals surface area contributed by atoms with Crippen LogP contribution in [0, 0.1) is 0 Å². The van der Waals surface area contributed by atoms with Crippen LogP contribution in [0.1, 0.15) is 10.4 Å². The maximum absolute atomic E-state index is 11.5. The summed E-state index contributed by atoms with van der Waals surface area (Å²) in [4.78, 5) is 19.3. The molecule has 0 spiro atoms. The van der Waals surface area contributed by atoms with Crippen LogP contribution in [0.2, 0.25) is 0 Å². The number of rotatable bonds is 4. The van der Waals surface area contributed by atoms with Crippen LogP contribution in [0.5, 0.6) is 0 Å². The molecule has 0 saturated carbocycles. The van der Waals surface area contributed by atoms with Gasteiger partial charge in [0.25, 0.3) is 0 Å². The first-order valence-electron chi connectivity index (χ1n) is 5.54. The Morgan fingerprint density at radius 2 is 1.90 bits per heavy atom. The van der Waals surface area contributed by atoms with E-state index in [1.807, 2.05) is 0 Å². The molecule has 0 saturated heterocycles. The SMILES string of the molecule is CS(=O)(=O)Nc1ccc(-c2cncnc2)c(C(N)=O)c1. The number of carbonyl (C=O) groups excluding carboxylic acids is 1. The van der Waals surface area contributed by atoms with Gasteiger partial charge in [0.2, 0.25) is 15.9 Å². The van der Waals surface area contributed by atoms with Gasteiger partial charge in [0.1, 0.15) is 6.33 Å². The standard InChI is InChI=1S/C12H12N4O3S/c1-20(18,19)16-9-2-3-10(11(4-9)12(13)17)8-5-14-7-15-6-8/h2-7,16H,1H3,(H2,13,17). The molecule has 2 aromatic rings. The number of primary amides is 1. The average Bonchev–Trinajstić information content (AvgIpc) is 2.37. The Morgan fingerprint density at radius 1 is 1.25 bits per heavy atom. The molecule has 0 aliphatic carbocycles. The number of nitrogens with zero attached hydrogens (tertiary/aromatic N) is 2. The van der Waals surface area contributed by atoms with E-state index in [-0.39, 0.29) is 11.3 Å². The van der Waals surface area contributed by atoms with Gasteiger partial charge >= 0.3 is 0 Å². The lowest BCUT2D eigenvalue weighted by atomic mass is 10.0. The zero-order valence-corrected chi connectivity index (χ0v) is 11.4. The molecular weight excluding hydrogens is 280 g/mol. The second-order valence-corrected chi connectivity index (χ2v) is 5.87. The Kier molecular flexibility index (Phi) is 3.66. The van der Waals surface area contributed by atoms with Crippen LogP contribution in [0.15, 0.2) is 36.9 Å². The van der Waals surface area contributed by atoms with Gasteiger partial charge in [-0.15, -0.1) is 0 Å². The molecular formula is C12H12N4O3S. The van der Waals surface area contributed by atoms with Crippen LogP contribution in [-0.4, -0.2) is 30.5 Å². The first-order chi connectivity index (χ1) is 9.37. The third-order valence-corrected chi connectivity index (χ3v) is 3.07. The molecule has 2 rings (SSSR count). The monoisotopic (exact) mass is 292 g/mol. The first-order valence-corrected chi connectivity index (χ1v) is 7.43. The number of amides is 1. The molecule has 8 heteroatoms. The molecule has 0 fully saturated rings. The molecule has 7 nitrogen and oxygen atoms in total. The number of nitrogens with one attached hydrogen (secondary N) is 1. The number of benzene rings is 1. The molecule has 104 valence electrons. The minimum absolute atomic E-state index is 0.188. The molecule has 0 atom stereocenters. The smallest absolute Gasteiger partial charge is 0.249 e. The molecule has 0 aliphatic rings. The number of hydrogen-bond donors (Lipinski definition) is 2. The summed E-state index contributed by atoms with van der Waals surface area (Å²) in [6.45, 7) is 0. The Balaban J connectivity index is 2.52. The normalized spacial score (nSPS) is 11.1. The first kappa shape index (κ1) is 13.9. The summed E-state index contributed by atoms with van der Waals surface area (Å²) < 4.78 is 24.7. The minimum atomic E-state index is -3.42. The molecule has 1 amide bonds. The number of anilines is 1. The van der Waals surface area contributed by atoms with Gasteiger partial charge in [-0.25, -0.2) is 18.4 Å². The van der Waals surface area contributed by atoms with Crippen molar-refractivity contribution in [2.75, 3.05) is 11.0 Å². The van der Waals surface area contributed by atoms with E-state index < -0.39 is 15.9 Å². The lowest BCUT2D eigenvalue weighted by Gasteiger charge is -2.10. The van der Waals surface area contributed by atoms with Crippen LogP contribution < -0.4 is 10.5 Å². The molecule has 0 radical (unpaired) electrons. The lowest BCUT2D eigenvalue weighted by Crippen LogP contribution is -2.15. The van der Waals surface area contributed by atoms with E-state index in [2.05, 4.69) is 14.7 Å². The Hall–Kier alpha value is -2.48. The van der Waals surface area contributed by atoms with E-state index >= 15 is 0 Å². The van der Waals surface area contributed by atoms with Crippen molar-refractivity contribution in [3.05, 3.63) is 42.5 Å². The summed E-state index contributed by atoms with van der Waals surface area (Å²) in [6.07, 6.45) is 5.47. The predicted octanol–water partition coefficient (Wildman–Crippen LogP) is 0.614. The van der Waals surface area contributed by atoms with Crippen LogP contribution >= 0.6 is 0 Å². The van der Waals surface area contributed by atoms with Gasteiger partial charge in [0, 0.05) is 29.2 Å². The fourth-order valence-electron chi connectivity index (χ4n) is 1.72.